The Balaban J connectivity index is 1.86. The first kappa shape index (κ1) is 10.5. The van der Waals surface area contributed by atoms with E-state index in [9.17, 15) is 5.11 Å². The largest absolute Gasteiger partial charge is 0.494 e. The molecule has 1 N–H and O–H groups in total. The molecule has 0 aliphatic heterocycles. The minimum absolute atomic E-state index is 0.419. The highest BCUT2D eigenvalue weighted by Crippen LogP contribution is 2.32. The fourth-order valence-electron chi connectivity index (χ4n) is 1.61. The van der Waals surface area contributed by atoms with Gasteiger partial charge >= 0.3 is 0 Å². The molecule has 1 atom stereocenters. The molecule has 0 radical (unpaired) electrons. The molecule has 0 spiro atoms. The molecule has 0 unspecified atom stereocenters. The minimum Gasteiger partial charge on any atom is -0.494 e. The van der Waals surface area contributed by atoms with Gasteiger partial charge in [-0.15, -0.1) is 0 Å². The van der Waals surface area contributed by atoms with Gasteiger partial charge in [0, 0.05) is 0 Å². The normalized spacial score (nSPS) is 17.5. The zero-order valence-electron chi connectivity index (χ0n) is 9.15. The van der Waals surface area contributed by atoms with Gasteiger partial charge in [-0.2, -0.15) is 0 Å². The summed E-state index contributed by atoms with van der Waals surface area (Å²) in [5, 5.41) is 9.42. The Morgan fingerprint density at radius 3 is 2.93 bits per heavy atom. The smallest absolute Gasteiger partial charge is 0.119 e. The summed E-state index contributed by atoms with van der Waals surface area (Å²) in [6.07, 6.45) is 3.49. The van der Waals surface area contributed by atoms with Crippen molar-refractivity contribution in [3.05, 3.63) is 29.8 Å². The van der Waals surface area contributed by atoms with Gasteiger partial charge in [-0.3, -0.25) is 0 Å². The summed E-state index contributed by atoms with van der Waals surface area (Å²) < 4.78 is 5.64. The standard InChI is InChI=1S/C13H18O2/c1-10(14)12-3-2-4-13(9-12)15-8-7-11-5-6-11/h2-4,9-11,14H,5-8H2,1H3/t10-/m1/s1. The number of hydrogen-bond acceptors (Lipinski definition) is 2. The lowest BCUT2D eigenvalue weighted by Crippen LogP contribution is -1.99. The van der Waals surface area contributed by atoms with Gasteiger partial charge in [0.25, 0.3) is 0 Å². The van der Waals surface area contributed by atoms with Gasteiger partial charge in [0.2, 0.25) is 0 Å². The average molecular weight is 206 g/mol. The molecule has 1 fully saturated rings. The first-order valence-corrected chi connectivity index (χ1v) is 5.66. The molecule has 1 aromatic carbocycles. The second-order valence-electron chi connectivity index (χ2n) is 4.33. The number of aliphatic hydroxyl groups excluding tert-OH is 1. The van der Waals surface area contributed by atoms with E-state index < -0.39 is 6.10 Å². The van der Waals surface area contributed by atoms with Crippen LogP contribution in [0, 0.1) is 5.92 Å². The average Bonchev–Trinajstić information content (AvgIpc) is 3.02. The summed E-state index contributed by atoms with van der Waals surface area (Å²) in [5.41, 5.74) is 0.916. The van der Waals surface area contributed by atoms with E-state index in [-0.39, 0.29) is 0 Å². The fraction of sp³-hybridized carbons (Fsp3) is 0.538. The van der Waals surface area contributed by atoms with Crippen molar-refractivity contribution < 1.29 is 9.84 Å². The van der Waals surface area contributed by atoms with E-state index in [4.69, 9.17) is 4.74 Å². The first-order chi connectivity index (χ1) is 7.25. The van der Waals surface area contributed by atoms with Crippen LogP contribution in [0.2, 0.25) is 0 Å². The van der Waals surface area contributed by atoms with Crippen molar-refractivity contribution in [2.45, 2.75) is 32.3 Å². The van der Waals surface area contributed by atoms with Crippen molar-refractivity contribution >= 4 is 0 Å². The third kappa shape index (κ3) is 3.24. The molecule has 1 aliphatic rings. The van der Waals surface area contributed by atoms with E-state index in [1.165, 1.54) is 19.3 Å². The van der Waals surface area contributed by atoms with Gasteiger partial charge < -0.3 is 9.84 Å². The van der Waals surface area contributed by atoms with Gasteiger partial charge in [-0.25, -0.2) is 0 Å². The minimum atomic E-state index is -0.419. The Morgan fingerprint density at radius 1 is 1.47 bits per heavy atom. The number of benzene rings is 1. The number of aliphatic hydroxyl groups is 1. The third-order valence-corrected chi connectivity index (χ3v) is 2.83. The maximum absolute atomic E-state index is 9.42. The van der Waals surface area contributed by atoms with Crippen LogP contribution in [0.25, 0.3) is 0 Å². The fourth-order valence-corrected chi connectivity index (χ4v) is 1.61. The Bertz CT molecular complexity index is 316. The highest BCUT2D eigenvalue weighted by atomic mass is 16.5. The van der Waals surface area contributed by atoms with Crippen molar-refractivity contribution in [1.29, 1.82) is 0 Å². The lowest BCUT2D eigenvalue weighted by Gasteiger charge is -2.09. The van der Waals surface area contributed by atoms with E-state index in [1.807, 2.05) is 24.3 Å². The molecule has 82 valence electrons. The zero-order valence-corrected chi connectivity index (χ0v) is 9.15. The molecule has 0 saturated heterocycles. The van der Waals surface area contributed by atoms with Crippen molar-refractivity contribution in [1.82, 2.24) is 0 Å². The molecule has 1 saturated carbocycles. The van der Waals surface area contributed by atoms with Crippen LogP contribution < -0.4 is 4.74 Å². The lowest BCUT2D eigenvalue weighted by molar-refractivity contribution is 0.198. The summed E-state index contributed by atoms with van der Waals surface area (Å²) in [5.74, 6) is 1.78. The Kier molecular flexibility index (Phi) is 3.27. The molecule has 0 bridgehead atoms. The molecule has 15 heavy (non-hydrogen) atoms. The Morgan fingerprint density at radius 2 is 2.27 bits per heavy atom. The van der Waals surface area contributed by atoms with Crippen molar-refractivity contribution in [3.63, 3.8) is 0 Å². The van der Waals surface area contributed by atoms with Gasteiger partial charge in [-0.05, 0) is 37.0 Å². The second kappa shape index (κ2) is 4.67. The van der Waals surface area contributed by atoms with Crippen LogP contribution in [-0.4, -0.2) is 11.7 Å². The van der Waals surface area contributed by atoms with Crippen molar-refractivity contribution in [2.75, 3.05) is 6.61 Å². The number of rotatable bonds is 5. The van der Waals surface area contributed by atoms with Gasteiger partial charge in [0.1, 0.15) is 5.75 Å². The molecular formula is C13H18O2. The molecular weight excluding hydrogens is 188 g/mol. The van der Waals surface area contributed by atoms with E-state index in [1.54, 1.807) is 6.92 Å². The SMILES string of the molecule is C[C@@H](O)c1cccc(OCCC2CC2)c1. The molecule has 0 heterocycles. The molecule has 1 aromatic rings. The Labute approximate surface area is 90.9 Å². The zero-order chi connectivity index (χ0) is 10.7. The monoisotopic (exact) mass is 206 g/mol. The predicted octanol–water partition coefficient (Wildman–Crippen LogP) is 2.92. The summed E-state index contributed by atoms with van der Waals surface area (Å²) in [6, 6.07) is 7.70. The van der Waals surface area contributed by atoms with Crippen LogP contribution in [0.3, 0.4) is 0 Å². The van der Waals surface area contributed by atoms with E-state index in [2.05, 4.69) is 0 Å². The highest BCUT2D eigenvalue weighted by molar-refractivity contribution is 5.29. The molecule has 0 amide bonds. The maximum atomic E-state index is 9.42. The van der Waals surface area contributed by atoms with E-state index >= 15 is 0 Å². The maximum Gasteiger partial charge on any atom is 0.119 e. The van der Waals surface area contributed by atoms with E-state index in [0.29, 0.717) is 0 Å². The molecule has 1 aliphatic carbocycles. The third-order valence-electron chi connectivity index (χ3n) is 2.83. The number of hydrogen-bond donors (Lipinski definition) is 1. The molecule has 2 heteroatoms. The van der Waals surface area contributed by atoms with E-state index in [0.717, 1.165) is 23.8 Å². The highest BCUT2D eigenvalue weighted by Gasteiger charge is 2.20. The van der Waals surface area contributed by atoms with Gasteiger partial charge in [-0.1, -0.05) is 25.0 Å². The van der Waals surface area contributed by atoms with Crippen molar-refractivity contribution in [3.8, 4) is 5.75 Å². The topological polar surface area (TPSA) is 29.5 Å². The number of ether oxygens (including phenoxy) is 1. The summed E-state index contributed by atoms with van der Waals surface area (Å²) >= 11 is 0. The quantitative estimate of drug-likeness (QED) is 0.802. The van der Waals surface area contributed by atoms with Crippen LogP contribution in [0.5, 0.6) is 5.75 Å². The van der Waals surface area contributed by atoms with Crippen LogP contribution in [-0.2, 0) is 0 Å². The predicted molar refractivity (Wildman–Crippen MR) is 59.9 cm³/mol. The first-order valence-electron chi connectivity index (χ1n) is 5.66. The van der Waals surface area contributed by atoms with Crippen molar-refractivity contribution in [2.24, 2.45) is 5.92 Å². The van der Waals surface area contributed by atoms with Gasteiger partial charge in [0.15, 0.2) is 0 Å². The second-order valence-corrected chi connectivity index (χ2v) is 4.33. The summed E-state index contributed by atoms with van der Waals surface area (Å²) in [6.45, 7) is 2.57. The Hall–Kier alpha value is -1.02. The summed E-state index contributed by atoms with van der Waals surface area (Å²) in [4.78, 5) is 0. The molecule has 2 nitrogen and oxygen atoms in total. The molecule has 2 rings (SSSR count). The lowest BCUT2D eigenvalue weighted by atomic mass is 10.1. The van der Waals surface area contributed by atoms with Crippen LogP contribution in [0.1, 0.15) is 37.9 Å². The molecule has 0 aromatic heterocycles. The summed E-state index contributed by atoms with van der Waals surface area (Å²) in [7, 11) is 0. The van der Waals surface area contributed by atoms with Crippen LogP contribution in [0.15, 0.2) is 24.3 Å². The van der Waals surface area contributed by atoms with Crippen LogP contribution >= 0.6 is 0 Å². The van der Waals surface area contributed by atoms with Crippen LogP contribution in [0.4, 0.5) is 0 Å². The van der Waals surface area contributed by atoms with Gasteiger partial charge in [0.05, 0.1) is 12.7 Å².